The first kappa shape index (κ1) is 46.7. The predicted octanol–water partition coefficient (Wildman–Crippen LogP) is 2.23. The van der Waals surface area contributed by atoms with Crippen molar-refractivity contribution in [1.29, 1.82) is 5.41 Å². The molecule has 0 fully saturated rings. The molecule has 5 heterocycles. The number of carbonyl (C=O) groups excluding carboxylic acids is 2. The SMILES string of the molecule is CCC(F)=C[O-].Cc1cccc(Cn2nc(-c3ncc(F)c(=O)[nH]3)cc2-c2ccon2)c1F.Cc1cccc(Cn2nc(C(=N)N)cc2-c2ccon2)c1F.O=C=O.[Na+]. The van der Waals surface area contributed by atoms with Gasteiger partial charge in [0.15, 0.2) is 5.82 Å². The number of hydrogen-bond donors (Lipinski definition) is 3. The molecule has 21 heteroatoms. The van der Waals surface area contributed by atoms with Crippen molar-refractivity contribution in [3.63, 3.8) is 0 Å². The molecule has 16 nitrogen and oxygen atoms in total. The molecule has 0 unspecified atom stereocenters. The number of nitrogens with two attached hydrogens (primary N) is 1. The van der Waals surface area contributed by atoms with Crippen molar-refractivity contribution in [1.82, 2.24) is 39.8 Å². The van der Waals surface area contributed by atoms with E-state index < -0.39 is 17.2 Å². The molecule has 2 aromatic carbocycles. The molecule has 7 aromatic rings. The maximum Gasteiger partial charge on any atom is 1.00 e. The summed E-state index contributed by atoms with van der Waals surface area (Å²) < 4.78 is 66.0. The maximum atomic E-state index is 14.4. The third kappa shape index (κ3) is 12.4. The molecule has 59 heavy (non-hydrogen) atoms. The second-order valence-corrected chi connectivity index (χ2v) is 11.8. The minimum Gasteiger partial charge on any atom is -0.876 e. The average Bonchev–Trinajstić information content (AvgIpc) is 4.05. The van der Waals surface area contributed by atoms with Crippen LogP contribution in [0.1, 0.15) is 41.3 Å². The van der Waals surface area contributed by atoms with Gasteiger partial charge in [-0.1, -0.05) is 53.6 Å². The van der Waals surface area contributed by atoms with E-state index in [1.807, 2.05) is 0 Å². The number of rotatable bonds is 9. The van der Waals surface area contributed by atoms with Gasteiger partial charge in [0.1, 0.15) is 52.8 Å². The van der Waals surface area contributed by atoms with Gasteiger partial charge in [-0.05, 0) is 43.5 Å². The Morgan fingerprint density at radius 2 is 1.39 bits per heavy atom. The van der Waals surface area contributed by atoms with E-state index in [1.165, 1.54) is 17.2 Å². The normalized spacial score (nSPS) is 10.5. The minimum absolute atomic E-state index is 0. The number of H-pyrrole nitrogens is 1. The summed E-state index contributed by atoms with van der Waals surface area (Å²) in [6.07, 6.45) is 4.34. The zero-order valence-electron chi connectivity index (χ0n) is 31.9. The van der Waals surface area contributed by atoms with Gasteiger partial charge >= 0.3 is 35.7 Å². The maximum absolute atomic E-state index is 14.4. The Kier molecular flexibility index (Phi) is 17.6. The Morgan fingerprint density at radius 3 is 1.81 bits per heavy atom. The number of amidine groups is 1. The van der Waals surface area contributed by atoms with Gasteiger partial charge in [-0.15, -0.1) is 6.26 Å². The molecule has 0 amide bonds. The Hall–Kier alpha value is -6.73. The van der Waals surface area contributed by atoms with Crippen LogP contribution < -0.4 is 46.0 Å². The number of nitrogens with zero attached hydrogens (tertiary/aromatic N) is 7. The smallest absolute Gasteiger partial charge is 0.876 e. The van der Waals surface area contributed by atoms with Gasteiger partial charge in [-0.3, -0.25) is 19.6 Å². The molecule has 0 aliphatic rings. The summed E-state index contributed by atoms with van der Waals surface area (Å²) in [7, 11) is 0. The fraction of sp³-hybridized carbons (Fsp3) is 0.158. The van der Waals surface area contributed by atoms with Crippen molar-refractivity contribution in [3.05, 3.63) is 147 Å². The summed E-state index contributed by atoms with van der Waals surface area (Å²) in [6.45, 7) is 5.31. The molecule has 0 radical (unpaired) electrons. The van der Waals surface area contributed by atoms with Crippen LogP contribution >= 0.6 is 0 Å². The largest absolute Gasteiger partial charge is 1.00 e. The van der Waals surface area contributed by atoms with Crippen molar-refractivity contribution in [2.45, 2.75) is 40.3 Å². The monoisotopic (exact) mass is 824 g/mol. The minimum atomic E-state index is -0.989. The van der Waals surface area contributed by atoms with E-state index in [4.69, 9.17) is 29.8 Å². The zero-order chi connectivity index (χ0) is 42.4. The van der Waals surface area contributed by atoms with Crippen molar-refractivity contribution >= 4 is 12.0 Å². The first-order valence-electron chi connectivity index (χ1n) is 16.8. The van der Waals surface area contributed by atoms with Crippen LogP contribution in [0, 0.1) is 36.7 Å². The van der Waals surface area contributed by atoms with Crippen LogP contribution in [0.15, 0.2) is 105 Å². The number of benzene rings is 2. The summed E-state index contributed by atoms with van der Waals surface area (Å²) in [5.41, 5.74) is 9.39. The van der Waals surface area contributed by atoms with Crippen LogP contribution in [-0.4, -0.2) is 51.8 Å². The van der Waals surface area contributed by atoms with Gasteiger partial charge < -0.3 is 24.9 Å². The molecule has 0 bridgehead atoms. The Labute approximate surface area is 354 Å². The molecule has 0 aliphatic carbocycles. The van der Waals surface area contributed by atoms with Crippen LogP contribution in [0.4, 0.5) is 17.6 Å². The quantitative estimate of drug-likeness (QED) is 0.0625. The topological polar surface area (TPSA) is 241 Å². The number of nitrogens with one attached hydrogen (secondary N) is 2. The number of aromatic nitrogens is 8. The van der Waals surface area contributed by atoms with Crippen molar-refractivity contribution in [3.8, 4) is 34.3 Å². The van der Waals surface area contributed by atoms with Gasteiger partial charge in [0.05, 0.1) is 36.5 Å². The van der Waals surface area contributed by atoms with Gasteiger partial charge in [0.25, 0.3) is 5.56 Å². The second kappa shape index (κ2) is 22.3. The third-order valence-electron chi connectivity index (χ3n) is 7.88. The molecule has 0 aliphatic heterocycles. The number of nitrogen functional groups attached to an aromatic ring is 1. The molecule has 0 atom stereocenters. The average molecular weight is 825 g/mol. The van der Waals surface area contributed by atoms with E-state index in [1.54, 1.807) is 86.1 Å². The molecule has 4 N–H and O–H groups in total. The van der Waals surface area contributed by atoms with Crippen LogP contribution in [0.25, 0.3) is 34.3 Å². The molecule has 300 valence electrons. The van der Waals surface area contributed by atoms with Crippen LogP contribution in [0.3, 0.4) is 0 Å². The van der Waals surface area contributed by atoms with E-state index in [0.717, 1.165) is 6.20 Å². The van der Waals surface area contributed by atoms with E-state index >= 15 is 0 Å². The van der Waals surface area contributed by atoms with Crippen molar-refractivity contribution in [2.24, 2.45) is 5.73 Å². The first-order valence-corrected chi connectivity index (χ1v) is 16.8. The number of allylic oxidation sites excluding steroid dienone is 1. The molecule has 0 saturated heterocycles. The summed E-state index contributed by atoms with van der Waals surface area (Å²) in [5, 5.41) is 33.2. The van der Waals surface area contributed by atoms with Crippen LogP contribution in [0.5, 0.6) is 0 Å². The Bertz CT molecular complexity index is 2580. The van der Waals surface area contributed by atoms with Gasteiger partial charge in [0.2, 0.25) is 5.82 Å². The Balaban J connectivity index is 0.000000262. The van der Waals surface area contributed by atoms with Gasteiger partial charge in [-0.2, -0.15) is 24.2 Å². The van der Waals surface area contributed by atoms with E-state index in [0.29, 0.717) is 50.7 Å². The predicted molar refractivity (Wildman–Crippen MR) is 195 cm³/mol. The summed E-state index contributed by atoms with van der Waals surface area (Å²) in [6, 6.07) is 16.8. The molecule has 0 spiro atoms. The second-order valence-electron chi connectivity index (χ2n) is 11.8. The molecule has 5 aromatic heterocycles. The van der Waals surface area contributed by atoms with Crippen molar-refractivity contribution < 1.29 is 70.9 Å². The number of halogens is 4. The summed E-state index contributed by atoms with van der Waals surface area (Å²) >= 11 is 0. The van der Waals surface area contributed by atoms with Crippen LogP contribution in [0.2, 0.25) is 0 Å². The zero-order valence-corrected chi connectivity index (χ0v) is 33.9. The number of hydrogen-bond acceptors (Lipinski definition) is 12. The standard InChI is InChI=1S/C18H13F2N5O2.C15H14FN5O.C4H7FO.CO2.Na/c1-10-3-2-4-11(16(10)20)9-25-15(13-5-6-27-24-13)7-14(23-25)17-21-8-12(19)18(26)22-17;1-9-3-2-4-10(14(9)16)8-21-13(11-5-6-22-20-11)7-12(19-21)15(17)18;1-2-4(5)3-6;2-1-3;/h2-8H,9H2,1H3,(H,21,22,26);2-7H,8H2,1H3,(H3,17,18);3,6H,2H2,1H3;;/q;;;;+1/p-1. The third-order valence-corrected chi connectivity index (χ3v) is 7.88. The number of aryl methyl sites for hydroxylation is 2. The van der Waals surface area contributed by atoms with Gasteiger partial charge in [0, 0.05) is 23.3 Å². The molecule has 7 rings (SSSR count). The summed E-state index contributed by atoms with van der Waals surface area (Å²) in [4.78, 5) is 34.0. The Morgan fingerprint density at radius 1 is 0.881 bits per heavy atom. The van der Waals surface area contributed by atoms with E-state index in [9.17, 15) is 27.5 Å². The number of aromatic amines is 1. The fourth-order valence-corrected chi connectivity index (χ4v) is 5.00. The van der Waals surface area contributed by atoms with Crippen molar-refractivity contribution in [2.75, 3.05) is 0 Å². The summed E-state index contributed by atoms with van der Waals surface area (Å²) in [5.74, 6) is -2.24. The molecule has 0 saturated carbocycles. The van der Waals surface area contributed by atoms with Crippen LogP contribution in [-0.2, 0) is 22.7 Å². The molecular weight excluding hydrogens is 791 g/mol. The van der Waals surface area contributed by atoms with E-state index in [-0.39, 0.29) is 90.5 Å². The molecular formula is C38H33F4N10NaO6. The van der Waals surface area contributed by atoms with Gasteiger partial charge in [-0.25, -0.2) is 18.2 Å². The van der Waals surface area contributed by atoms with E-state index in [2.05, 4.69) is 30.5 Å². The fourth-order valence-electron chi connectivity index (χ4n) is 5.00. The first-order chi connectivity index (χ1) is 27.8.